The van der Waals surface area contributed by atoms with Crippen molar-refractivity contribution in [2.24, 2.45) is 0 Å². The molecule has 25 heavy (non-hydrogen) atoms. The third kappa shape index (κ3) is 3.32. The fraction of sp³-hybridized carbons (Fsp3) is 0.286. The summed E-state index contributed by atoms with van der Waals surface area (Å²) in [5.41, 5.74) is 3.65. The summed E-state index contributed by atoms with van der Waals surface area (Å²) in [6.45, 7) is 4.71. The molecule has 0 bridgehead atoms. The molecular formula is C21H21NO2S. The predicted octanol–water partition coefficient (Wildman–Crippen LogP) is 4.27. The van der Waals surface area contributed by atoms with Gasteiger partial charge in [-0.3, -0.25) is 4.79 Å². The van der Waals surface area contributed by atoms with Crippen molar-refractivity contribution in [1.29, 1.82) is 0 Å². The zero-order valence-electron chi connectivity index (χ0n) is 14.3. The number of benzene rings is 2. The van der Waals surface area contributed by atoms with E-state index in [1.165, 1.54) is 21.2 Å². The Labute approximate surface area is 151 Å². The largest absolute Gasteiger partial charge is 0.378 e. The number of carbonyl (C=O) groups excluding carboxylic acids is 1. The molecule has 0 radical (unpaired) electrons. The Hall–Kier alpha value is -2.17. The first-order valence-corrected chi connectivity index (χ1v) is 9.47. The normalized spacial score (nSPS) is 14.8. The molecule has 0 unspecified atom stereocenters. The Kier molecular flexibility index (Phi) is 4.55. The third-order valence-corrected chi connectivity index (χ3v) is 5.89. The smallest absolute Gasteiger partial charge is 0.264 e. The van der Waals surface area contributed by atoms with Crippen LogP contribution in [0.5, 0.6) is 0 Å². The Bertz CT molecular complexity index is 892. The second kappa shape index (κ2) is 6.98. The quantitative estimate of drug-likeness (QED) is 0.705. The topological polar surface area (TPSA) is 29.5 Å². The van der Waals surface area contributed by atoms with Crippen molar-refractivity contribution < 1.29 is 9.53 Å². The number of amides is 1. The molecule has 1 aromatic heterocycles. The average Bonchev–Trinajstić information content (AvgIpc) is 3.02. The van der Waals surface area contributed by atoms with Crippen molar-refractivity contribution in [3.05, 3.63) is 70.1 Å². The highest BCUT2D eigenvalue weighted by molar-refractivity contribution is 7.21. The maximum Gasteiger partial charge on any atom is 0.264 e. The molecule has 3 aromatic rings. The van der Waals surface area contributed by atoms with Crippen molar-refractivity contribution >= 4 is 27.3 Å². The maximum absolute atomic E-state index is 13.1. The van der Waals surface area contributed by atoms with Gasteiger partial charge < -0.3 is 9.64 Å². The van der Waals surface area contributed by atoms with Crippen molar-refractivity contribution in [3.63, 3.8) is 0 Å². The summed E-state index contributed by atoms with van der Waals surface area (Å²) in [4.78, 5) is 15.9. The number of ether oxygens (including phenoxy) is 1. The van der Waals surface area contributed by atoms with Gasteiger partial charge in [0.15, 0.2) is 0 Å². The fourth-order valence-corrected chi connectivity index (χ4v) is 4.46. The highest BCUT2D eigenvalue weighted by atomic mass is 32.1. The van der Waals surface area contributed by atoms with E-state index >= 15 is 0 Å². The minimum absolute atomic E-state index is 0.145. The summed E-state index contributed by atoms with van der Waals surface area (Å²) < 4.78 is 6.57. The number of hydrogen-bond acceptors (Lipinski definition) is 3. The Morgan fingerprint density at radius 3 is 2.56 bits per heavy atom. The van der Waals surface area contributed by atoms with Gasteiger partial charge in [-0.05, 0) is 35.9 Å². The highest BCUT2D eigenvalue weighted by Crippen LogP contribution is 2.34. The van der Waals surface area contributed by atoms with E-state index in [0.29, 0.717) is 26.3 Å². The van der Waals surface area contributed by atoms with Gasteiger partial charge in [-0.1, -0.05) is 48.0 Å². The van der Waals surface area contributed by atoms with Crippen molar-refractivity contribution in [2.45, 2.75) is 13.3 Å². The predicted molar refractivity (Wildman–Crippen MR) is 103 cm³/mol. The minimum atomic E-state index is 0.145. The molecular weight excluding hydrogens is 330 g/mol. The SMILES string of the molecule is Cc1ccc(Cc2c(C(=O)N3CCOCC3)sc3ccccc23)cc1. The third-order valence-electron chi connectivity index (χ3n) is 4.69. The summed E-state index contributed by atoms with van der Waals surface area (Å²) in [5.74, 6) is 0.145. The van der Waals surface area contributed by atoms with E-state index in [-0.39, 0.29) is 5.91 Å². The van der Waals surface area contributed by atoms with E-state index in [1.807, 2.05) is 11.0 Å². The Morgan fingerprint density at radius 1 is 1.08 bits per heavy atom. The van der Waals surface area contributed by atoms with Crippen molar-refractivity contribution in [3.8, 4) is 0 Å². The fourth-order valence-electron chi connectivity index (χ4n) is 3.27. The van der Waals surface area contributed by atoms with Crippen LogP contribution in [0, 0.1) is 6.92 Å². The molecule has 0 aliphatic carbocycles. The van der Waals surface area contributed by atoms with Crippen LogP contribution in [0.25, 0.3) is 10.1 Å². The molecule has 128 valence electrons. The van der Waals surface area contributed by atoms with Gasteiger partial charge in [0.1, 0.15) is 0 Å². The number of thiophene rings is 1. The number of hydrogen-bond donors (Lipinski definition) is 0. The van der Waals surface area contributed by atoms with Crippen molar-refractivity contribution in [1.82, 2.24) is 4.90 Å². The van der Waals surface area contributed by atoms with Crippen LogP contribution in [0.1, 0.15) is 26.4 Å². The first-order chi connectivity index (χ1) is 12.2. The molecule has 0 spiro atoms. The van der Waals surface area contributed by atoms with E-state index in [9.17, 15) is 4.79 Å². The molecule has 4 heteroatoms. The molecule has 2 heterocycles. The lowest BCUT2D eigenvalue weighted by Crippen LogP contribution is -2.40. The summed E-state index contributed by atoms with van der Waals surface area (Å²) in [6.07, 6.45) is 0.787. The standard InChI is InChI=1S/C21H21NO2S/c1-15-6-8-16(9-7-15)14-18-17-4-2-3-5-19(17)25-20(18)21(23)22-10-12-24-13-11-22/h2-9H,10-14H2,1H3. The van der Waals surface area contributed by atoms with Crippen LogP contribution in [0.15, 0.2) is 48.5 Å². The monoisotopic (exact) mass is 351 g/mol. The summed E-state index contributed by atoms with van der Waals surface area (Å²) in [6, 6.07) is 16.9. The molecule has 4 rings (SSSR count). The molecule has 1 saturated heterocycles. The molecule has 1 amide bonds. The van der Waals surface area contributed by atoms with Gasteiger partial charge in [-0.2, -0.15) is 0 Å². The second-order valence-electron chi connectivity index (χ2n) is 6.47. The number of morpholine rings is 1. The second-order valence-corrected chi connectivity index (χ2v) is 7.53. The van der Waals surface area contributed by atoms with Gasteiger partial charge in [-0.25, -0.2) is 0 Å². The van der Waals surface area contributed by atoms with Gasteiger partial charge in [-0.15, -0.1) is 11.3 Å². The van der Waals surface area contributed by atoms with Gasteiger partial charge in [0.05, 0.1) is 18.1 Å². The van der Waals surface area contributed by atoms with Crippen LogP contribution < -0.4 is 0 Å². The zero-order chi connectivity index (χ0) is 17.2. The van der Waals surface area contributed by atoms with Gasteiger partial charge >= 0.3 is 0 Å². The lowest BCUT2D eigenvalue weighted by Gasteiger charge is -2.26. The maximum atomic E-state index is 13.1. The van der Waals surface area contributed by atoms with Crippen LogP contribution >= 0.6 is 11.3 Å². The zero-order valence-corrected chi connectivity index (χ0v) is 15.1. The number of aryl methyl sites for hydroxylation is 1. The molecule has 3 nitrogen and oxygen atoms in total. The molecule has 1 aliphatic rings. The Balaban J connectivity index is 1.75. The minimum Gasteiger partial charge on any atom is -0.378 e. The van der Waals surface area contributed by atoms with Crippen LogP contribution in [-0.4, -0.2) is 37.1 Å². The first-order valence-electron chi connectivity index (χ1n) is 8.65. The van der Waals surface area contributed by atoms with Crippen LogP contribution in [0.2, 0.25) is 0 Å². The van der Waals surface area contributed by atoms with Gasteiger partial charge in [0.25, 0.3) is 5.91 Å². The van der Waals surface area contributed by atoms with Crippen LogP contribution in [0.3, 0.4) is 0 Å². The first kappa shape index (κ1) is 16.3. The number of carbonyl (C=O) groups is 1. The summed E-state index contributed by atoms with van der Waals surface area (Å²) in [7, 11) is 0. The summed E-state index contributed by atoms with van der Waals surface area (Å²) >= 11 is 1.62. The van der Waals surface area contributed by atoms with Crippen LogP contribution in [0.4, 0.5) is 0 Å². The van der Waals surface area contributed by atoms with E-state index in [0.717, 1.165) is 16.9 Å². The molecule has 0 N–H and O–H groups in total. The Morgan fingerprint density at radius 2 is 1.80 bits per heavy atom. The van der Waals surface area contributed by atoms with Gasteiger partial charge in [0, 0.05) is 17.8 Å². The number of fused-ring (bicyclic) bond motifs is 1. The number of rotatable bonds is 3. The van der Waals surface area contributed by atoms with E-state index < -0.39 is 0 Å². The number of nitrogens with zero attached hydrogens (tertiary/aromatic N) is 1. The van der Waals surface area contributed by atoms with Gasteiger partial charge in [0.2, 0.25) is 0 Å². The molecule has 0 atom stereocenters. The van der Waals surface area contributed by atoms with Crippen LogP contribution in [-0.2, 0) is 11.2 Å². The van der Waals surface area contributed by atoms with E-state index in [4.69, 9.17) is 4.74 Å². The lowest BCUT2D eigenvalue weighted by molar-refractivity contribution is 0.0305. The average molecular weight is 351 g/mol. The summed E-state index contributed by atoms with van der Waals surface area (Å²) in [5, 5.41) is 1.20. The van der Waals surface area contributed by atoms with E-state index in [1.54, 1.807) is 11.3 Å². The molecule has 2 aromatic carbocycles. The molecule has 1 aliphatic heterocycles. The van der Waals surface area contributed by atoms with E-state index in [2.05, 4.69) is 49.4 Å². The molecule has 1 fully saturated rings. The lowest BCUT2D eigenvalue weighted by atomic mass is 10.0. The van der Waals surface area contributed by atoms with Crippen molar-refractivity contribution in [2.75, 3.05) is 26.3 Å². The molecule has 0 saturated carbocycles. The highest BCUT2D eigenvalue weighted by Gasteiger charge is 2.24.